The zero-order valence-electron chi connectivity index (χ0n) is 24.1. The lowest BCUT2D eigenvalue weighted by Crippen LogP contribution is -2.50. The first-order valence-electron chi connectivity index (χ1n) is 14.6. The Morgan fingerprint density at radius 3 is 2.51 bits per heavy atom. The second kappa shape index (κ2) is 12.0. The number of hydrogen-bond donors (Lipinski definition) is 1. The number of carbonyl (C=O) groups is 2. The summed E-state index contributed by atoms with van der Waals surface area (Å²) in [6, 6.07) is 15.1. The quantitative estimate of drug-likeness (QED) is 0.351. The van der Waals surface area contributed by atoms with Gasteiger partial charge in [-0.1, -0.05) is 24.3 Å². The molecule has 11 nitrogen and oxygen atoms in total. The standard InChI is InChI=1S/C31H35FN8O3/c1-36(30-34-15-12-27(41)40(30)29(43)26-7-4-16-38(26)28(42)19-33)23-13-17-37(18-14-23)31-35-24-5-2-3-6-25(24)39(31)20-21-8-10-22(32)11-9-21/h2-3,5-6,8-12,15,23,26H,4,7,13-14,16-20,33H2,1H3. The van der Waals surface area contributed by atoms with E-state index in [0.29, 0.717) is 39.0 Å². The van der Waals surface area contributed by atoms with Crippen molar-refractivity contribution in [3.63, 3.8) is 0 Å². The van der Waals surface area contributed by atoms with Crippen molar-refractivity contribution in [2.45, 2.75) is 44.3 Å². The molecule has 1 atom stereocenters. The van der Waals surface area contributed by atoms with Gasteiger partial charge in [0.05, 0.1) is 24.1 Å². The number of halogens is 1. The molecule has 2 fully saturated rings. The average molecular weight is 587 g/mol. The van der Waals surface area contributed by atoms with Crippen molar-refractivity contribution in [2.24, 2.45) is 5.73 Å². The Labute approximate surface area is 248 Å². The fraction of sp³-hybridized carbons (Fsp3) is 0.387. The number of nitrogens with two attached hydrogens (primary N) is 1. The number of aromatic nitrogens is 4. The predicted molar refractivity (Wildman–Crippen MR) is 162 cm³/mol. The van der Waals surface area contributed by atoms with Crippen LogP contribution in [0.25, 0.3) is 11.0 Å². The number of fused-ring (bicyclic) bond motifs is 1. The van der Waals surface area contributed by atoms with E-state index in [1.165, 1.54) is 29.3 Å². The lowest BCUT2D eigenvalue weighted by atomic mass is 10.0. The largest absolute Gasteiger partial charge is 0.342 e. The summed E-state index contributed by atoms with van der Waals surface area (Å²) in [6.07, 6.45) is 4.06. The molecule has 224 valence electrons. The van der Waals surface area contributed by atoms with Crippen molar-refractivity contribution < 1.29 is 14.0 Å². The zero-order valence-corrected chi connectivity index (χ0v) is 24.1. The van der Waals surface area contributed by atoms with Crippen molar-refractivity contribution in [1.82, 2.24) is 24.0 Å². The van der Waals surface area contributed by atoms with Gasteiger partial charge in [0.2, 0.25) is 17.8 Å². The van der Waals surface area contributed by atoms with Gasteiger partial charge in [-0.05, 0) is 55.5 Å². The van der Waals surface area contributed by atoms with Crippen LogP contribution in [0.4, 0.5) is 16.3 Å². The third-order valence-corrected chi connectivity index (χ3v) is 8.58. The summed E-state index contributed by atoms with van der Waals surface area (Å²) in [6.45, 7) is 2.22. The molecule has 0 bridgehead atoms. The SMILES string of the molecule is CN(c1nccc(=O)n1C(=O)C1CCCN1C(=O)CN)C1CCN(c2nc3ccccc3n2Cc2ccc(F)cc2)CC1. The van der Waals surface area contributed by atoms with Crippen LogP contribution >= 0.6 is 0 Å². The average Bonchev–Trinajstić information content (AvgIpc) is 3.67. The monoisotopic (exact) mass is 586 g/mol. The third-order valence-electron chi connectivity index (χ3n) is 8.58. The highest BCUT2D eigenvalue weighted by Gasteiger charge is 2.37. The highest BCUT2D eigenvalue weighted by atomic mass is 19.1. The van der Waals surface area contributed by atoms with E-state index in [4.69, 9.17) is 10.7 Å². The number of carbonyl (C=O) groups excluding carboxylic acids is 2. The van der Waals surface area contributed by atoms with Gasteiger partial charge in [0.15, 0.2) is 0 Å². The molecule has 6 rings (SSSR count). The number of imidazole rings is 1. The number of rotatable bonds is 7. The molecule has 2 aliphatic rings. The van der Waals surface area contributed by atoms with Crippen LogP contribution in [0.1, 0.15) is 36.0 Å². The number of nitrogens with zero attached hydrogens (tertiary/aromatic N) is 7. The van der Waals surface area contributed by atoms with Gasteiger partial charge < -0.3 is 25.0 Å². The van der Waals surface area contributed by atoms with Gasteiger partial charge in [0.1, 0.15) is 11.9 Å². The molecular weight excluding hydrogens is 551 g/mol. The molecule has 2 aliphatic heterocycles. The van der Waals surface area contributed by atoms with Gasteiger partial charge in [0, 0.05) is 45.0 Å². The number of benzene rings is 2. The lowest BCUT2D eigenvalue weighted by Gasteiger charge is -2.38. The van der Waals surface area contributed by atoms with Crippen LogP contribution in [0.2, 0.25) is 0 Å². The van der Waals surface area contributed by atoms with Gasteiger partial charge in [-0.15, -0.1) is 0 Å². The lowest BCUT2D eigenvalue weighted by molar-refractivity contribution is -0.129. The van der Waals surface area contributed by atoms with E-state index in [0.717, 1.165) is 40.0 Å². The van der Waals surface area contributed by atoms with E-state index in [2.05, 4.69) is 14.5 Å². The van der Waals surface area contributed by atoms with Gasteiger partial charge >= 0.3 is 0 Å². The zero-order chi connectivity index (χ0) is 30.1. The summed E-state index contributed by atoms with van der Waals surface area (Å²) >= 11 is 0. The number of hydrogen-bond acceptors (Lipinski definition) is 8. The van der Waals surface area contributed by atoms with Crippen LogP contribution in [0.3, 0.4) is 0 Å². The fourth-order valence-electron chi connectivity index (χ4n) is 6.29. The van der Waals surface area contributed by atoms with Crippen molar-refractivity contribution in [1.29, 1.82) is 0 Å². The Morgan fingerprint density at radius 1 is 1.02 bits per heavy atom. The molecule has 1 unspecified atom stereocenters. The molecular formula is C31H35FN8O3. The molecule has 1 amide bonds. The summed E-state index contributed by atoms with van der Waals surface area (Å²) in [5, 5.41) is 0. The summed E-state index contributed by atoms with van der Waals surface area (Å²) in [7, 11) is 1.85. The van der Waals surface area contributed by atoms with Crippen LogP contribution in [0, 0.1) is 5.82 Å². The summed E-state index contributed by atoms with van der Waals surface area (Å²) in [5.74, 6) is 0.0935. The highest BCUT2D eigenvalue weighted by molar-refractivity contribution is 5.91. The second-order valence-electron chi connectivity index (χ2n) is 11.1. The fourth-order valence-corrected chi connectivity index (χ4v) is 6.29. The van der Waals surface area contributed by atoms with Gasteiger partial charge in [-0.25, -0.2) is 18.9 Å². The molecule has 12 heteroatoms. The number of amides is 1. The molecule has 43 heavy (non-hydrogen) atoms. The highest BCUT2D eigenvalue weighted by Crippen LogP contribution is 2.29. The third kappa shape index (κ3) is 5.50. The van der Waals surface area contributed by atoms with Crippen LogP contribution in [-0.4, -0.2) is 81.1 Å². The molecule has 0 radical (unpaired) electrons. The first kappa shape index (κ1) is 28.5. The molecule has 4 heterocycles. The van der Waals surface area contributed by atoms with Crippen molar-refractivity contribution in [3.05, 3.63) is 82.5 Å². The Kier molecular flexibility index (Phi) is 7.94. The Morgan fingerprint density at radius 2 is 1.77 bits per heavy atom. The van der Waals surface area contributed by atoms with E-state index in [1.54, 1.807) is 12.1 Å². The van der Waals surface area contributed by atoms with Crippen LogP contribution in [0.5, 0.6) is 0 Å². The molecule has 0 spiro atoms. The maximum atomic E-state index is 13.7. The van der Waals surface area contributed by atoms with E-state index in [1.807, 2.05) is 36.2 Å². The minimum absolute atomic E-state index is 0.0184. The smallest absolute Gasteiger partial charge is 0.261 e. The number of anilines is 2. The first-order valence-corrected chi connectivity index (χ1v) is 14.6. The number of likely N-dealkylation sites (tertiary alicyclic amines) is 1. The first-order chi connectivity index (χ1) is 20.9. The summed E-state index contributed by atoms with van der Waals surface area (Å²) < 4.78 is 16.8. The minimum Gasteiger partial charge on any atom is -0.342 e. The van der Waals surface area contributed by atoms with Crippen LogP contribution in [-0.2, 0) is 11.3 Å². The van der Waals surface area contributed by atoms with E-state index < -0.39 is 17.5 Å². The maximum Gasteiger partial charge on any atom is 0.261 e. The summed E-state index contributed by atoms with van der Waals surface area (Å²) in [5.41, 5.74) is 7.98. The summed E-state index contributed by atoms with van der Waals surface area (Å²) in [4.78, 5) is 54.1. The van der Waals surface area contributed by atoms with Crippen LogP contribution < -0.4 is 21.1 Å². The van der Waals surface area contributed by atoms with Gasteiger partial charge in [-0.3, -0.25) is 14.4 Å². The minimum atomic E-state index is -0.735. The molecule has 0 saturated carbocycles. The topological polar surface area (TPSA) is 123 Å². The van der Waals surface area contributed by atoms with Crippen molar-refractivity contribution in [3.8, 4) is 0 Å². The van der Waals surface area contributed by atoms with Crippen molar-refractivity contribution in [2.75, 3.05) is 43.0 Å². The molecule has 2 aromatic carbocycles. The van der Waals surface area contributed by atoms with E-state index in [9.17, 15) is 18.8 Å². The second-order valence-corrected chi connectivity index (χ2v) is 11.1. The molecule has 4 aromatic rings. The Hall–Kier alpha value is -4.58. The van der Waals surface area contributed by atoms with Crippen LogP contribution in [0.15, 0.2) is 65.6 Å². The van der Waals surface area contributed by atoms with E-state index >= 15 is 0 Å². The van der Waals surface area contributed by atoms with Gasteiger partial charge in [-0.2, -0.15) is 0 Å². The van der Waals surface area contributed by atoms with Crippen molar-refractivity contribution >= 4 is 34.7 Å². The Bertz CT molecular complexity index is 1690. The molecule has 2 N–H and O–H groups in total. The normalized spacial score (nSPS) is 17.5. The maximum absolute atomic E-state index is 13.7. The molecule has 2 aromatic heterocycles. The number of para-hydroxylation sites is 2. The number of piperidine rings is 1. The predicted octanol–water partition coefficient (Wildman–Crippen LogP) is 2.48. The molecule has 2 saturated heterocycles. The van der Waals surface area contributed by atoms with E-state index in [-0.39, 0.29) is 30.3 Å². The Balaban J connectivity index is 1.22. The van der Waals surface area contributed by atoms with Gasteiger partial charge in [0.25, 0.3) is 11.5 Å². The molecule has 0 aliphatic carbocycles.